The maximum atomic E-state index is 14.5. The zero-order valence-electron chi connectivity index (χ0n) is 32.5. The number of aliphatic hydroxyl groups is 1. The summed E-state index contributed by atoms with van der Waals surface area (Å²) in [7, 11) is 8.25. The number of esters is 1. The lowest BCUT2D eigenvalue weighted by molar-refractivity contribution is -0.177. The molecule has 4 aliphatic rings. The van der Waals surface area contributed by atoms with Crippen LogP contribution in [-0.2, 0) is 30.5 Å². The van der Waals surface area contributed by atoms with E-state index in [0.717, 1.165) is 28.8 Å². The number of para-hydroxylation sites is 1. The summed E-state index contributed by atoms with van der Waals surface area (Å²) in [6, 6.07) is 10.4. The number of hydroxylamine groups is 2. The predicted octanol–water partition coefficient (Wildman–Crippen LogP) is 3.53. The van der Waals surface area contributed by atoms with Gasteiger partial charge in [-0.3, -0.25) is 24.0 Å². The Morgan fingerprint density at radius 3 is 2.43 bits per heavy atom. The normalized spacial score (nSPS) is 26.5. The van der Waals surface area contributed by atoms with Crippen molar-refractivity contribution in [2.75, 3.05) is 46.8 Å². The number of hydrogen-bond donors (Lipinski definition) is 4. The van der Waals surface area contributed by atoms with Crippen LogP contribution in [0.15, 0.2) is 36.4 Å². The SMILES string of the molecule is CNC(=O)c1cc(-c2cccc(CN3O[C@@H](CNC(=O)CCC(=O)OC)[C@@H]([C@H](C)O)[C@H]3C(=O)NC3C[C@H]4C[C@@H]([C@@H]3C)C4(C)C)c2OC)cc(N(C)C)c1. The van der Waals surface area contributed by atoms with Crippen molar-refractivity contribution >= 4 is 29.4 Å². The summed E-state index contributed by atoms with van der Waals surface area (Å²) in [6.07, 6.45) is 0.222. The van der Waals surface area contributed by atoms with Gasteiger partial charge in [-0.25, -0.2) is 0 Å². The van der Waals surface area contributed by atoms with Crippen LogP contribution in [-0.4, -0.2) is 100 Å². The molecule has 4 fully saturated rings. The van der Waals surface area contributed by atoms with Gasteiger partial charge in [0.1, 0.15) is 17.9 Å². The van der Waals surface area contributed by atoms with Crippen LogP contribution in [0.1, 0.15) is 69.3 Å². The highest BCUT2D eigenvalue weighted by Gasteiger charge is 2.57. The van der Waals surface area contributed by atoms with Gasteiger partial charge in [-0.1, -0.05) is 39.0 Å². The van der Waals surface area contributed by atoms with E-state index in [1.165, 1.54) is 13.5 Å². The molecule has 6 rings (SSSR count). The van der Waals surface area contributed by atoms with Crippen LogP contribution in [0.25, 0.3) is 11.1 Å². The summed E-state index contributed by atoms with van der Waals surface area (Å²) in [5, 5.41) is 21.7. The summed E-state index contributed by atoms with van der Waals surface area (Å²) in [5.41, 5.74) is 3.82. The molecule has 290 valence electrons. The Hall–Kier alpha value is -4.20. The number of hydrogen-bond acceptors (Lipinski definition) is 10. The molecule has 0 aromatic heterocycles. The quantitative estimate of drug-likeness (QED) is 0.212. The number of carbonyl (C=O) groups excluding carboxylic acids is 4. The fourth-order valence-electron chi connectivity index (χ4n) is 8.77. The Morgan fingerprint density at radius 1 is 1.09 bits per heavy atom. The Balaban J connectivity index is 1.47. The molecule has 53 heavy (non-hydrogen) atoms. The lowest BCUT2D eigenvalue weighted by Gasteiger charge is -2.62. The zero-order chi connectivity index (χ0) is 38.8. The van der Waals surface area contributed by atoms with Gasteiger partial charge in [0, 0.05) is 68.4 Å². The number of fused-ring (bicyclic) bond motifs is 2. The van der Waals surface area contributed by atoms with Crippen molar-refractivity contribution in [2.45, 2.75) is 84.2 Å². The van der Waals surface area contributed by atoms with Gasteiger partial charge in [0.15, 0.2) is 0 Å². The molecule has 2 aromatic carbocycles. The van der Waals surface area contributed by atoms with Crippen LogP contribution in [0.3, 0.4) is 0 Å². The third-order valence-corrected chi connectivity index (χ3v) is 12.0. The van der Waals surface area contributed by atoms with Crippen molar-refractivity contribution in [1.29, 1.82) is 0 Å². The Morgan fingerprint density at radius 2 is 1.83 bits per heavy atom. The summed E-state index contributed by atoms with van der Waals surface area (Å²) in [5.74, 6) is -0.121. The molecule has 13 nitrogen and oxygen atoms in total. The van der Waals surface area contributed by atoms with E-state index < -0.39 is 30.1 Å². The molecular weight excluding hydrogens is 678 g/mol. The summed E-state index contributed by atoms with van der Waals surface area (Å²) < 4.78 is 10.7. The third-order valence-electron chi connectivity index (χ3n) is 12.0. The molecule has 1 heterocycles. The molecule has 0 radical (unpaired) electrons. The van der Waals surface area contributed by atoms with Gasteiger partial charge in [-0.2, -0.15) is 5.06 Å². The van der Waals surface area contributed by atoms with E-state index in [1.54, 1.807) is 26.1 Å². The fourth-order valence-corrected chi connectivity index (χ4v) is 8.77. The molecule has 2 aromatic rings. The van der Waals surface area contributed by atoms with E-state index in [4.69, 9.17) is 9.57 Å². The number of rotatable bonds is 14. The molecule has 3 saturated carbocycles. The number of nitrogens with one attached hydrogen (secondary N) is 3. The van der Waals surface area contributed by atoms with Gasteiger partial charge in [0.2, 0.25) is 11.8 Å². The number of benzene rings is 2. The highest BCUT2D eigenvalue weighted by atomic mass is 16.7. The van der Waals surface area contributed by atoms with E-state index >= 15 is 0 Å². The highest BCUT2D eigenvalue weighted by molar-refractivity contribution is 5.97. The molecule has 3 amide bonds. The first-order valence-corrected chi connectivity index (χ1v) is 18.6. The van der Waals surface area contributed by atoms with Gasteiger partial charge in [-0.05, 0) is 66.7 Å². The number of nitrogens with zero attached hydrogens (tertiary/aromatic N) is 2. The number of carbonyl (C=O) groups is 4. The molecule has 3 aliphatic carbocycles. The topological polar surface area (TPSA) is 159 Å². The number of anilines is 1. The molecule has 1 aliphatic heterocycles. The van der Waals surface area contributed by atoms with Crippen molar-refractivity contribution in [1.82, 2.24) is 21.0 Å². The summed E-state index contributed by atoms with van der Waals surface area (Å²) in [6.45, 7) is 8.62. The van der Waals surface area contributed by atoms with Gasteiger partial charge in [0.25, 0.3) is 5.91 Å². The number of ether oxygens (including phenoxy) is 2. The Bertz CT molecular complexity index is 1680. The van der Waals surface area contributed by atoms with Crippen LogP contribution in [0.4, 0.5) is 5.69 Å². The van der Waals surface area contributed by atoms with E-state index in [9.17, 15) is 24.3 Å². The van der Waals surface area contributed by atoms with Crippen LogP contribution in [0.5, 0.6) is 5.75 Å². The van der Waals surface area contributed by atoms with Crippen molar-refractivity contribution in [3.8, 4) is 16.9 Å². The first-order chi connectivity index (χ1) is 25.1. The molecule has 1 unspecified atom stereocenters. The minimum atomic E-state index is -0.964. The minimum Gasteiger partial charge on any atom is -0.496 e. The average molecular weight is 736 g/mol. The van der Waals surface area contributed by atoms with Crippen LogP contribution < -0.4 is 25.6 Å². The maximum Gasteiger partial charge on any atom is 0.306 e. The zero-order valence-corrected chi connectivity index (χ0v) is 32.5. The molecular formula is C40H57N5O8. The second-order valence-electron chi connectivity index (χ2n) is 15.7. The number of amides is 3. The lowest BCUT2D eigenvalue weighted by Crippen LogP contribution is -2.62. The highest BCUT2D eigenvalue weighted by Crippen LogP contribution is 2.61. The summed E-state index contributed by atoms with van der Waals surface area (Å²) in [4.78, 5) is 60.0. The van der Waals surface area contributed by atoms with Crippen molar-refractivity contribution < 1.29 is 38.6 Å². The van der Waals surface area contributed by atoms with E-state index in [-0.39, 0.29) is 55.1 Å². The first-order valence-electron chi connectivity index (χ1n) is 18.6. The fraction of sp³-hybridized carbons (Fsp3) is 0.600. The third kappa shape index (κ3) is 8.32. The average Bonchev–Trinajstić information content (AvgIpc) is 3.50. The Kier molecular flexibility index (Phi) is 12.4. The van der Waals surface area contributed by atoms with Crippen molar-refractivity contribution in [2.24, 2.45) is 29.1 Å². The molecule has 8 atom stereocenters. The van der Waals surface area contributed by atoms with Gasteiger partial charge < -0.3 is 35.4 Å². The van der Waals surface area contributed by atoms with Crippen LogP contribution in [0.2, 0.25) is 0 Å². The monoisotopic (exact) mass is 735 g/mol. The predicted molar refractivity (Wildman–Crippen MR) is 201 cm³/mol. The first kappa shape index (κ1) is 40.0. The van der Waals surface area contributed by atoms with Crippen LogP contribution in [0, 0.1) is 29.1 Å². The molecule has 4 N–H and O–H groups in total. The van der Waals surface area contributed by atoms with E-state index in [0.29, 0.717) is 29.1 Å². The summed E-state index contributed by atoms with van der Waals surface area (Å²) >= 11 is 0. The maximum absolute atomic E-state index is 14.5. The van der Waals surface area contributed by atoms with Gasteiger partial charge in [0.05, 0.1) is 33.3 Å². The molecule has 2 bridgehead atoms. The largest absolute Gasteiger partial charge is 0.496 e. The van der Waals surface area contributed by atoms with E-state index in [2.05, 4.69) is 41.5 Å². The second kappa shape index (κ2) is 16.4. The number of aliphatic hydroxyl groups excluding tert-OH is 1. The van der Waals surface area contributed by atoms with Gasteiger partial charge in [-0.15, -0.1) is 0 Å². The smallest absolute Gasteiger partial charge is 0.306 e. The minimum absolute atomic E-state index is 0.01000. The van der Waals surface area contributed by atoms with Crippen molar-refractivity contribution in [3.63, 3.8) is 0 Å². The standard InChI is InChI=1S/C40H57N5O8/c1-22-30-18-27(40(30,3)4)19-31(22)43-39(50)36-35(23(2)46)32(20-42-33(47)13-14-34(48)51-8)53-45(36)21-24-11-10-12-29(37(24)52-9)25-15-26(38(49)41-5)17-28(16-25)44(6)7/h10-12,15-17,22-23,27,30-32,35-36,46H,13-14,18-21H2,1-9H3,(H,41,49)(H,42,47)(H,43,50)/t22-,23-,27+,30-,31?,32-,35+,36-/m0/s1. The Labute approximate surface area is 313 Å². The second-order valence-corrected chi connectivity index (χ2v) is 15.7. The lowest BCUT2D eigenvalue weighted by atomic mass is 9.45. The molecule has 13 heteroatoms. The molecule has 1 saturated heterocycles. The van der Waals surface area contributed by atoms with Gasteiger partial charge >= 0.3 is 5.97 Å². The van der Waals surface area contributed by atoms with Crippen LogP contribution >= 0.6 is 0 Å². The van der Waals surface area contributed by atoms with Crippen molar-refractivity contribution in [3.05, 3.63) is 47.5 Å². The number of methoxy groups -OCH3 is 2. The van der Waals surface area contributed by atoms with E-state index in [1.807, 2.05) is 55.4 Å². The molecule has 0 spiro atoms.